The summed E-state index contributed by atoms with van der Waals surface area (Å²) in [4.78, 5) is 0. The van der Waals surface area contributed by atoms with E-state index in [4.69, 9.17) is 0 Å². The Hall–Kier alpha value is -1.28. The molecule has 2 nitrogen and oxygen atoms in total. The van der Waals surface area contributed by atoms with Crippen LogP contribution in [-0.4, -0.2) is 11.1 Å². The van der Waals surface area contributed by atoms with Crippen molar-refractivity contribution in [2.45, 2.75) is 53.1 Å². The molecule has 2 heteroatoms. The van der Waals surface area contributed by atoms with Crippen LogP contribution in [-0.2, 0) is 6.54 Å². The van der Waals surface area contributed by atoms with Crippen LogP contribution in [0.2, 0.25) is 0 Å². The Morgan fingerprint density at radius 1 is 1.10 bits per heavy atom. The van der Waals surface area contributed by atoms with Gasteiger partial charge in [0, 0.05) is 18.8 Å². The average Bonchev–Trinajstić information content (AvgIpc) is 2.85. The second kappa shape index (κ2) is 6.94. The van der Waals surface area contributed by atoms with E-state index in [2.05, 4.69) is 68.0 Å². The third-order valence-electron chi connectivity index (χ3n) is 4.03. The van der Waals surface area contributed by atoms with Crippen molar-refractivity contribution < 1.29 is 0 Å². The fourth-order valence-corrected chi connectivity index (χ4v) is 2.92. The lowest BCUT2D eigenvalue weighted by Crippen LogP contribution is -2.19. The summed E-state index contributed by atoms with van der Waals surface area (Å²) in [7, 11) is 0. The van der Waals surface area contributed by atoms with Gasteiger partial charge in [-0.3, -0.25) is 0 Å². The van der Waals surface area contributed by atoms with Crippen LogP contribution in [0, 0.1) is 5.92 Å². The van der Waals surface area contributed by atoms with Gasteiger partial charge in [0.1, 0.15) is 0 Å². The molecule has 2 rings (SSSR count). The Morgan fingerprint density at radius 3 is 2.50 bits per heavy atom. The van der Waals surface area contributed by atoms with E-state index in [1.54, 1.807) is 0 Å². The number of para-hydroxylation sites is 1. The van der Waals surface area contributed by atoms with Crippen molar-refractivity contribution in [3.63, 3.8) is 0 Å². The fourth-order valence-electron chi connectivity index (χ4n) is 2.92. The molecule has 0 amide bonds. The summed E-state index contributed by atoms with van der Waals surface area (Å²) in [5.74, 6) is 0.694. The summed E-state index contributed by atoms with van der Waals surface area (Å²) in [5, 5.41) is 4.93. The van der Waals surface area contributed by atoms with Crippen LogP contribution in [0.5, 0.6) is 0 Å². The zero-order valence-electron chi connectivity index (χ0n) is 13.3. The predicted octanol–water partition coefficient (Wildman–Crippen LogP) is 4.75. The molecular weight excluding hydrogens is 244 g/mol. The van der Waals surface area contributed by atoms with Crippen molar-refractivity contribution in [2.75, 3.05) is 6.54 Å². The Labute approximate surface area is 123 Å². The van der Waals surface area contributed by atoms with Gasteiger partial charge in [0.25, 0.3) is 0 Å². The molecule has 0 aliphatic heterocycles. The first kappa shape index (κ1) is 15.1. The van der Waals surface area contributed by atoms with Crippen LogP contribution < -0.4 is 5.32 Å². The molecule has 0 atom stereocenters. The normalized spacial score (nSPS) is 11.9. The molecule has 1 aromatic carbocycles. The highest BCUT2D eigenvalue weighted by molar-refractivity contribution is 5.83. The summed E-state index contributed by atoms with van der Waals surface area (Å²) in [5.41, 5.74) is 2.83. The number of nitrogens with one attached hydrogen (secondary N) is 1. The number of hydrogen-bond acceptors (Lipinski definition) is 1. The van der Waals surface area contributed by atoms with Crippen LogP contribution in [0.1, 0.15) is 52.1 Å². The summed E-state index contributed by atoms with van der Waals surface area (Å²) < 4.78 is 2.47. The highest BCUT2D eigenvalue weighted by Gasteiger charge is 2.12. The van der Waals surface area contributed by atoms with Crippen molar-refractivity contribution in [1.82, 2.24) is 9.88 Å². The number of nitrogens with zero attached hydrogens (tertiary/aromatic N) is 1. The molecule has 1 heterocycles. The molecule has 0 fully saturated rings. The van der Waals surface area contributed by atoms with Gasteiger partial charge in [0.2, 0.25) is 0 Å². The van der Waals surface area contributed by atoms with Gasteiger partial charge in [-0.1, -0.05) is 45.9 Å². The first-order valence-corrected chi connectivity index (χ1v) is 7.96. The first-order chi connectivity index (χ1) is 9.67. The van der Waals surface area contributed by atoms with E-state index in [9.17, 15) is 0 Å². The monoisotopic (exact) mass is 272 g/mol. The molecule has 0 radical (unpaired) electrons. The first-order valence-electron chi connectivity index (χ1n) is 7.96. The number of hydrogen-bond donors (Lipinski definition) is 1. The second-order valence-corrected chi connectivity index (χ2v) is 6.07. The van der Waals surface area contributed by atoms with Crippen LogP contribution >= 0.6 is 0 Å². The van der Waals surface area contributed by atoms with Crippen molar-refractivity contribution in [1.29, 1.82) is 0 Å². The summed E-state index contributed by atoms with van der Waals surface area (Å²) in [6, 6.07) is 9.51. The number of rotatable bonds is 7. The largest absolute Gasteiger partial charge is 0.344 e. The minimum atomic E-state index is 0.610. The van der Waals surface area contributed by atoms with E-state index in [0.717, 1.165) is 13.1 Å². The van der Waals surface area contributed by atoms with E-state index < -0.39 is 0 Å². The van der Waals surface area contributed by atoms with Crippen LogP contribution in [0.15, 0.2) is 30.5 Å². The maximum atomic E-state index is 3.57. The molecule has 0 unspecified atom stereocenters. The molecule has 0 saturated heterocycles. The molecule has 1 N–H and O–H groups in total. The topological polar surface area (TPSA) is 17.0 Å². The van der Waals surface area contributed by atoms with E-state index in [1.165, 1.54) is 29.3 Å². The average molecular weight is 272 g/mol. The lowest BCUT2D eigenvalue weighted by Gasteiger charge is -2.18. The second-order valence-electron chi connectivity index (χ2n) is 6.07. The highest BCUT2D eigenvalue weighted by Crippen LogP contribution is 2.27. The quantitative estimate of drug-likeness (QED) is 0.769. The molecule has 0 spiro atoms. The third kappa shape index (κ3) is 3.24. The molecular formula is C18H28N2. The Bertz CT molecular complexity index is 535. The van der Waals surface area contributed by atoms with E-state index in [0.29, 0.717) is 12.0 Å². The lowest BCUT2D eigenvalue weighted by molar-refractivity contribution is 0.484. The van der Waals surface area contributed by atoms with Crippen LogP contribution in [0.3, 0.4) is 0 Å². The summed E-state index contributed by atoms with van der Waals surface area (Å²) in [6.07, 6.45) is 4.64. The highest BCUT2D eigenvalue weighted by atomic mass is 15.0. The number of fused-ring (bicyclic) bond motifs is 1. The minimum absolute atomic E-state index is 0.610. The van der Waals surface area contributed by atoms with Gasteiger partial charge in [-0.05, 0) is 42.3 Å². The molecule has 110 valence electrons. The van der Waals surface area contributed by atoms with Gasteiger partial charge in [-0.25, -0.2) is 0 Å². The van der Waals surface area contributed by atoms with E-state index in [1.807, 2.05) is 0 Å². The van der Waals surface area contributed by atoms with Crippen LogP contribution in [0.4, 0.5) is 0 Å². The smallest absolute Gasteiger partial charge is 0.0528 e. The maximum Gasteiger partial charge on any atom is 0.0528 e. The molecule has 0 bridgehead atoms. The number of benzene rings is 1. The SMILES string of the molecule is CCC(CC)n1ccc2cccc(CNCC(C)C)c21. The minimum Gasteiger partial charge on any atom is -0.344 e. The van der Waals surface area contributed by atoms with Gasteiger partial charge in [-0.2, -0.15) is 0 Å². The van der Waals surface area contributed by atoms with Crippen molar-refractivity contribution in [3.8, 4) is 0 Å². The molecule has 0 aliphatic carbocycles. The molecule has 2 aromatic rings. The van der Waals surface area contributed by atoms with Gasteiger partial charge in [-0.15, -0.1) is 0 Å². The Kier molecular flexibility index (Phi) is 5.24. The molecule has 1 aromatic heterocycles. The van der Waals surface area contributed by atoms with Gasteiger partial charge >= 0.3 is 0 Å². The molecule has 0 aliphatic rings. The predicted molar refractivity (Wildman–Crippen MR) is 88.1 cm³/mol. The van der Waals surface area contributed by atoms with Gasteiger partial charge in [0.05, 0.1) is 5.52 Å². The van der Waals surface area contributed by atoms with E-state index >= 15 is 0 Å². The lowest BCUT2D eigenvalue weighted by atomic mass is 10.1. The van der Waals surface area contributed by atoms with Crippen LogP contribution in [0.25, 0.3) is 10.9 Å². The van der Waals surface area contributed by atoms with Crippen molar-refractivity contribution in [3.05, 3.63) is 36.0 Å². The molecule has 0 saturated carbocycles. The summed E-state index contributed by atoms with van der Waals surface area (Å²) >= 11 is 0. The zero-order valence-corrected chi connectivity index (χ0v) is 13.3. The van der Waals surface area contributed by atoms with Gasteiger partial charge < -0.3 is 9.88 Å². The fraction of sp³-hybridized carbons (Fsp3) is 0.556. The Balaban J connectivity index is 2.31. The Morgan fingerprint density at radius 2 is 1.85 bits per heavy atom. The van der Waals surface area contributed by atoms with Crippen molar-refractivity contribution in [2.24, 2.45) is 5.92 Å². The number of aromatic nitrogens is 1. The standard InChI is InChI=1S/C18H28N2/c1-5-17(6-2)20-11-10-15-8-7-9-16(18(15)20)13-19-12-14(3)4/h7-11,14,17,19H,5-6,12-13H2,1-4H3. The van der Waals surface area contributed by atoms with Gasteiger partial charge in [0.15, 0.2) is 0 Å². The zero-order chi connectivity index (χ0) is 14.5. The van der Waals surface area contributed by atoms with E-state index in [-0.39, 0.29) is 0 Å². The maximum absolute atomic E-state index is 3.57. The van der Waals surface area contributed by atoms with Crippen molar-refractivity contribution >= 4 is 10.9 Å². The molecule has 20 heavy (non-hydrogen) atoms. The third-order valence-corrected chi connectivity index (χ3v) is 4.03. The summed E-state index contributed by atoms with van der Waals surface area (Å²) in [6.45, 7) is 11.1.